The van der Waals surface area contributed by atoms with Crippen LogP contribution in [0.5, 0.6) is 0 Å². The predicted molar refractivity (Wildman–Crippen MR) is 99.3 cm³/mol. The van der Waals surface area contributed by atoms with Gasteiger partial charge in [0.2, 0.25) is 0 Å². The highest BCUT2D eigenvalue weighted by Crippen LogP contribution is 2.16. The van der Waals surface area contributed by atoms with Crippen LogP contribution in [-0.4, -0.2) is 30.2 Å². The molecule has 0 unspecified atom stereocenters. The lowest BCUT2D eigenvalue weighted by Crippen LogP contribution is -2.24. The van der Waals surface area contributed by atoms with Crippen molar-refractivity contribution in [2.24, 2.45) is 0 Å². The Morgan fingerprint density at radius 2 is 2.24 bits per heavy atom. The van der Waals surface area contributed by atoms with Crippen LogP contribution in [0.3, 0.4) is 0 Å². The fourth-order valence-electron chi connectivity index (χ4n) is 2.78. The van der Waals surface area contributed by atoms with Gasteiger partial charge >= 0.3 is 0 Å². The van der Waals surface area contributed by atoms with Crippen molar-refractivity contribution in [1.29, 1.82) is 0 Å². The quantitative estimate of drug-likeness (QED) is 0.764. The third-order valence-corrected chi connectivity index (χ3v) is 4.43. The average molecular weight is 358 g/mol. The lowest BCUT2D eigenvalue weighted by Gasteiger charge is -2.22. The van der Waals surface area contributed by atoms with Gasteiger partial charge < -0.3 is 19.8 Å². The van der Waals surface area contributed by atoms with Gasteiger partial charge in [-0.1, -0.05) is 24.4 Å². The minimum atomic E-state index is -0.226. The maximum atomic E-state index is 12.3. The summed E-state index contributed by atoms with van der Waals surface area (Å²) in [4.78, 5) is 15.2. The molecule has 1 aliphatic heterocycles. The smallest absolute Gasteiger partial charge is 0.258 e. The molecule has 1 aliphatic rings. The second-order valence-corrected chi connectivity index (χ2v) is 6.48. The van der Waals surface area contributed by atoms with E-state index < -0.39 is 0 Å². The number of hydrogen-bond donors (Lipinski definition) is 2. The van der Waals surface area contributed by atoms with Crippen LogP contribution in [0.4, 0.5) is 5.69 Å². The number of pyridine rings is 1. The number of aromatic nitrogens is 1. The molecule has 1 fully saturated rings. The summed E-state index contributed by atoms with van der Waals surface area (Å²) < 4.78 is 11.8. The van der Waals surface area contributed by atoms with Crippen LogP contribution in [-0.2, 0) is 16.1 Å². The number of ether oxygens (including phenoxy) is 2. The van der Waals surface area contributed by atoms with E-state index >= 15 is 0 Å². The molecule has 0 bridgehead atoms. The molecule has 2 heterocycles. The van der Waals surface area contributed by atoms with Gasteiger partial charge in [-0.15, -0.1) is 0 Å². The lowest BCUT2D eigenvalue weighted by atomic mass is 10.1. The normalized spacial score (nSPS) is 17.2. The average Bonchev–Trinajstić information content (AvgIpc) is 2.63. The second kappa shape index (κ2) is 8.89. The molecule has 1 amide bonds. The second-order valence-electron chi connectivity index (χ2n) is 6.07. The first-order valence-electron chi connectivity index (χ1n) is 8.50. The first kappa shape index (κ1) is 17.8. The van der Waals surface area contributed by atoms with Gasteiger partial charge in [0.25, 0.3) is 5.91 Å². The SMILES string of the molecule is O=C(Nc1cccc(COC[C@H]2CCCCO2)c1)c1ccc[nH]c1=S. The summed E-state index contributed by atoms with van der Waals surface area (Å²) in [7, 11) is 0. The number of aromatic amines is 1. The van der Waals surface area contributed by atoms with Gasteiger partial charge in [-0.25, -0.2) is 0 Å². The van der Waals surface area contributed by atoms with Crippen molar-refractivity contribution in [3.8, 4) is 0 Å². The number of nitrogens with one attached hydrogen (secondary N) is 2. The summed E-state index contributed by atoms with van der Waals surface area (Å²) in [6.07, 6.45) is 5.32. The fraction of sp³-hybridized carbons (Fsp3) is 0.368. The van der Waals surface area contributed by atoms with Crippen molar-refractivity contribution in [3.63, 3.8) is 0 Å². The molecule has 1 aromatic carbocycles. The predicted octanol–water partition coefficient (Wildman–Crippen LogP) is 4.08. The zero-order chi connectivity index (χ0) is 17.5. The number of rotatable bonds is 6. The summed E-state index contributed by atoms with van der Waals surface area (Å²) in [5, 5.41) is 2.87. The van der Waals surface area contributed by atoms with Crippen LogP contribution in [0.25, 0.3) is 0 Å². The van der Waals surface area contributed by atoms with Gasteiger partial charge in [-0.05, 0) is 49.1 Å². The van der Waals surface area contributed by atoms with Crippen LogP contribution in [0.1, 0.15) is 35.2 Å². The van der Waals surface area contributed by atoms with Crippen molar-refractivity contribution < 1.29 is 14.3 Å². The molecule has 0 aliphatic carbocycles. The Balaban J connectivity index is 1.55. The minimum Gasteiger partial charge on any atom is -0.376 e. The highest BCUT2D eigenvalue weighted by Gasteiger charge is 2.14. The zero-order valence-electron chi connectivity index (χ0n) is 14.0. The molecule has 2 aromatic rings. The molecule has 6 heteroatoms. The first-order chi connectivity index (χ1) is 12.2. The summed E-state index contributed by atoms with van der Waals surface area (Å²) in [5.41, 5.74) is 2.18. The van der Waals surface area contributed by atoms with Crippen LogP contribution < -0.4 is 5.32 Å². The van der Waals surface area contributed by atoms with E-state index in [1.165, 1.54) is 6.42 Å². The number of amides is 1. The number of hydrogen-bond acceptors (Lipinski definition) is 4. The van der Waals surface area contributed by atoms with E-state index in [9.17, 15) is 4.79 Å². The molecular weight excluding hydrogens is 336 g/mol. The standard InChI is InChI=1S/C19H22N2O3S/c22-18(17-8-4-9-20-19(17)25)21-15-6-3-5-14(11-15)12-23-13-16-7-1-2-10-24-16/h3-6,8-9,11,16H,1-2,7,10,12-13H2,(H,20,25)(H,21,22)/t16-/m1/s1. The molecule has 2 N–H and O–H groups in total. The van der Waals surface area contributed by atoms with Gasteiger partial charge in [0.15, 0.2) is 0 Å². The van der Waals surface area contributed by atoms with E-state index in [1.807, 2.05) is 24.3 Å². The number of H-pyrrole nitrogens is 1. The monoisotopic (exact) mass is 358 g/mol. The van der Waals surface area contributed by atoms with Gasteiger partial charge in [0, 0.05) is 18.5 Å². The summed E-state index contributed by atoms with van der Waals surface area (Å²) in [5.74, 6) is -0.226. The van der Waals surface area contributed by atoms with Gasteiger partial charge in [0.05, 0.1) is 24.9 Å². The fourth-order valence-corrected chi connectivity index (χ4v) is 3.01. The Labute approximate surface area is 152 Å². The molecular formula is C19H22N2O3S. The zero-order valence-corrected chi connectivity index (χ0v) is 14.8. The Hall–Kier alpha value is -2.02. The van der Waals surface area contributed by atoms with Crippen molar-refractivity contribution in [2.75, 3.05) is 18.5 Å². The minimum absolute atomic E-state index is 0.205. The molecule has 3 rings (SSSR count). The third kappa shape index (κ3) is 5.22. The van der Waals surface area contributed by atoms with Gasteiger partial charge in [-0.2, -0.15) is 0 Å². The number of carbonyl (C=O) groups is 1. The topological polar surface area (TPSA) is 63.4 Å². The Morgan fingerprint density at radius 3 is 3.04 bits per heavy atom. The summed E-state index contributed by atoms with van der Waals surface area (Å²) in [6.45, 7) is 1.93. The lowest BCUT2D eigenvalue weighted by molar-refractivity contribution is -0.0447. The van der Waals surface area contributed by atoms with Gasteiger partial charge in [0.1, 0.15) is 4.64 Å². The van der Waals surface area contributed by atoms with E-state index in [4.69, 9.17) is 21.7 Å². The maximum absolute atomic E-state index is 12.3. The van der Waals surface area contributed by atoms with Crippen LogP contribution in [0, 0.1) is 4.64 Å². The largest absolute Gasteiger partial charge is 0.376 e. The van der Waals surface area contributed by atoms with Crippen LogP contribution in [0.2, 0.25) is 0 Å². The highest BCUT2D eigenvalue weighted by molar-refractivity contribution is 7.71. The molecule has 25 heavy (non-hydrogen) atoms. The summed E-state index contributed by atoms with van der Waals surface area (Å²) >= 11 is 5.14. The Kier molecular flexibility index (Phi) is 6.33. The summed E-state index contributed by atoms with van der Waals surface area (Å²) in [6, 6.07) is 11.1. The number of benzene rings is 1. The third-order valence-electron chi connectivity index (χ3n) is 4.09. The van der Waals surface area contributed by atoms with E-state index in [1.54, 1.807) is 18.3 Å². The maximum Gasteiger partial charge on any atom is 0.258 e. The van der Waals surface area contributed by atoms with Gasteiger partial charge in [-0.3, -0.25) is 4.79 Å². The molecule has 1 atom stereocenters. The van der Waals surface area contributed by atoms with Crippen molar-refractivity contribution in [3.05, 3.63) is 58.4 Å². The van der Waals surface area contributed by atoms with Crippen molar-refractivity contribution in [2.45, 2.75) is 32.0 Å². The van der Waals surface area contributed by atoms with Crippen molar-refractivity contribution in [1.82, 2.24) is 4.98 Å². The first-order valence-corrected chi connectivity index (χ1v) is 8.90. The highest BCUT2D eigenvalue weighted by atomic mass is 32.1. The van der Waals surface area contributed by atoms with E-state index in [2.05, 4.69) is 10.3 Å². The number of anilines is 1. The molecule has 0 saturated carbocycles. The molecule has 1 aromatic heterocycles. The van der Waals surface area contributed by atoms with Crippen LogP contribution >= 0.6 is 12.2 Å². The molecule has 0 spiro atoms. The molecule has 1 saturated heterocycles. The van der Waals surface area contributed by atoms with E-state index in [0.29, 0.717) is 23.4 Å². The van der Waals surface area contributed by atoms with E-state index in [0.717, 1.165) is 30.7 Å². The van der Waals surface area contributed by atoms with Crippen molar-refractivity contribution >= 4 is 23.8 Å². The Bertz CT molecular complexity index is 769. The molecule has 0 radical (unpaired) electrons. The molecule has 132 valence electrons. The Morgan fingerprint density at radius 1 is 1.32 bits per heavy atom. The molecule has 5 nitrogen and oxygen atoms in total. The van der Waals surface area contributed by atoms with Crippen LogP contribution in [0.15, 0.2) is 42.6 Å². The van der Waals surface area contributed by atoms with E-state index in [-0.39, 0.29) is 12.0 Å². The number of carbonyl (C=O) groups excluding carboxylic acids is 1.